The van der Waals surface area contributed by atoms with Gasteiger partial charge in [-0.05, 0) is 33.8 Å². The summed E-state index contributed by atoms with van der Waals surface area (Å²) in [5.41, 5.74) is 0.838. The summed E-state index contributed by atoms with van der Waals surface area (Å²) in [5, 5.41) is 0. The van der Waals surface area contributed by atoms with E-state index in [4.69, 9.17) is 0 Å². The molecule has 0 aromatic carbocycles. The molecule has 0 N–H and O–H groups in total. The van der Waals surface area contributed by atoms with Crippen molar-refractivity contribution in [2.75, 3.05) is 12.3 Å². The fourth-order valence-electron chi connectivity index (χ4n) is 2.24. The van der Waals surface area contributed by atoms with Gasteiger partial charge in [0.15, 0.2) is 4.34 Å². The summed E-state index contributed by atoms with van der Waals surface area (Å²) in [6.07, 6.45) is 3.47. The van der Waals surface area contributed by atoms with Crippen LogP contribution < -0.4 is 0 Å². The molecule has 2 heterocycles. The first-order chi connectivity index (χ1) is 9.49. The van der Waals surface area contributed by atoms with E-state index in [2.05, 4.69) is 42.6 Å². The minimum Gasteiger partial charge on any atom is -0.298 e. The Bertz CT molecular complexity index is 554. The van der Waals surface area contributed by atoms with Crippen LogP contribution in [0.4, 0.5) is 0 Å². The van der Waals surface area contributed by atoms with Gasteiger partial charge in [-0.2, -0.15) is 0 Å². The highest BCUT2D eigenvalue weighted by atomic mass is 32.2. The molecule has 2 aromatic rings. The van der Waals surface area contributed by atoms with Crippen molar-refractivity contribution in [3.05, 3.63) is 18.5 Å². The molecule has 0 aliphatic heterocycles. The van der Waals surface area contributed by atoms with Crippen LogP contribution in [-0.2, 0) is 10.8 Å². The first kappa shape index (κ1) is 15.5. The van der Waals surface area contributed by atoms with E-state index >= 15 is 0 Å². The Morgan fingerprint density at radius 3 is 2.60 bits per heavy atom. The Kier molecular flexibility index (Phi) is 5.23. The number of fused-ring (bicyclic) bond motifs is 1. The van der Waals surface area contributed by atoms with Crippen molar-refractivity contribution in [1.29, 1.82) is 0 Å². The quantitative estimate of drug-likeness (QED) is 0.823. The van der Waals surface area contributed by atoms with Gasteiger partial charge in [0.2, 0.25) is 0 Å². The Labute approximate surface area is 126 Å². The van der Waals surface area contributed by atoms with E-state index in [0.717, 1.165) is 16.8 Å². The van der Waals surface area contributed by atoms with Gasteiger partial charge < -0.3 is 0 Å². The normalized spacial score (nSPS) is 13.8. The Balaban J connectivity index is 2.04. The van der Waals surface area contributed by atoms with Crippen molar-refractivity contribution in [3.8, 4) is 0 Å². The third kappa shape index (κ3) is 3.62. The SMILES string of the molecule is CC(C)N(CCS(=O)c1nc2cnccc2s1)C(C)C. The van der Waals surface area contributed by atoms with Crippen LogP contribution in [-0.4, -0.2) is 43.5 Å². The molecular weight excluding hydrogens is 290 g/mol. The zero-order valence-electron chi connectivity index (χ0n) is 12.4. The van der Waals surface area contributed by atoms with Gasteiger partial charge in [-0.25, -0.2) is 4.98 Å². The van der Waals surface area contributed by atoms with Gasteiger partial charge in [0.05, 0.1) is 21.7 Å². The molecular formula is C14H21N3OS2. The van der Waals surface area contributed by atoms with Crippen LogP contribution in [0.3, 0.4) is 0 Å². The molecule has 4 nitrogen and oxygen atoms in total. The second-order valence-corrected chi connectivity index (χ2v) is 8.07. The number of rotatable bonds is 6. The molecule has 2 aromatic heterocycles. The summed E-state index contributed by atoms with van der Waals surface area (Å²) in [5.74, 6) is 0.629. The van der Waals surface area contributed by atoms with Crippen LogP contribution in [0.5, 0.6) is 0 Å². The van der Waals surface area contributed by atoms with Gasteiger partial charge in [0.1, 0.15) is 5.52 Å². The van der Waals surface area contributed by atoms with Gasteiger partial charge in [-0.1, -0.05) is 0 Å². The highest BCUT2D eigenvalue weighted by Crippen LogP contribution is 2.23. The lowest BCUT2D eigenvalue weighted by Gasteiger charge is -2.30. The molecule has 2 rings (SSSR count). The Morgan fingerprint density at radius 1 is 1.30 bits per heavy atom. The van der Waals surface area contributed by atoms with Crippen molar-refractivity contribution in [2.24, 2.45) is 0 Å². The van der Waals surface area contributed by atoms with Crippen LogP contribution in [0.15, 0.2) is 22.8 Å². The van der Waals surface area contributed by atoms with E-state index in [9.17, 15) is 4.21 Å². The number of aromatic nitrogens is 2. The number of hydrogen-bond acceptors (Lipinski definition) is 5. The monoisotopic (exact) mass is 311 g/mol. The van der Waals surface area contributed by atoms with Gasteiger partial charge in [-0.15, -0.1) is 11.3 Å². The molecule has 110 valence electrons. The Hall–Kier alpha value is -0.850. The topological polar surface area (TPSA) is 46.1 Å². The maximum Gasteiger partial charge on any atom is 0.181 e. The molecule has 0 fully saturated rings. The van der Waals surface area contributed by atoms with Gasteiger partial charge in [0, 0.05) is 30.6 Å². The highest BCUT2D eigenvalue weighted by Gasteiger charge is 2.16. The largest absolute Gasteiger partial charge is 0.298 e. The van der Waals surface area contributed by atoms with Crippen LogP contribution in [0.25, 0.3) is 10.2 Å². The summed E-state index contributed by atoms with van der Waals surface area (Å²) in [6, 6.07) is 2.85. The average Bonchev–Trinajstić information content (AvgIpc) is 2.81. The van der Waals surface area contributed by atoms with Crippen LogP contribution in [0.1, 0.15) is 27.7 Å². The minimum atomic E-state index is -1.03. The Morgan fingerprint density at radius 2 is 2.00 bits per heavy atom. The molecule has 0 bridgehead atoms. The van der Waals surface area contributed by atoms with E-state index in [1.165, 1.54) is 11.3 Å². The first-order valence-electron chi connectivity index (χ1n) is 6.83. The zero-order valence-corrected chi connectivity index (χ0v) is 14.0. The second kappa shape index (κ2) is 6.74. The fraction of sp³-hybridized carbons (Fsp3) is 0.571. The predicted molar refractivity (Wildman–Crippen MR) is 85.7 cm³/mol. The molecule has 0 saturated carbocycles. The molecule has 0 spiro atoms. The lowest BCUT2D eigenvalue weighted by molar-refractivity contribution is 0.187. The molecule has 20 heavy (non-hydrogen) atoms. The molecule has 0 amide bonds. The molecule has 1 unspecified atom stereocenters. The third-order valence-electron chi connectivity index (χ3n) is 3.23. The maximum absolute atomic E-state index is 12.4. The predicted octanol–water partition coefficient (Wildman–Crippen LogP) is 2.92. The highest BCUT2D eigenvalue weighted by molar-refractivity contribution is 7.87. The van der Waals surface area contributed by atoms with Gasteiger partial charge in [0.25, 0.3) is 0 Å². The van der Waals surface area contributed by atoms with Gasteiger partial charge in [-0.3, -0.25) is 14.1 Å². The minimum absolute atomic E-state index is 0.464. The van der Waals surface area contributed by atoms with Crippen molar-refractivity contribution >= 4 is 32.4 Å². The van der Waals surface area contributed by atoms with Crippen LogP contribution >= 0.6 is 11.3 Å². The van der Waals surface area contributed by atoms with Crippen LogP contribution in [0, 0.1) is 0 Å². The van der Waals surface area contributed by atoms with E-state index in [1.54, 1.807) is 12.4 Å². The standard InChI is InChI=1S/C14H21N3OS2/c1-10(2)17(11(3)4)7-8-20(18)14-16-12-9-15-6-5-13(12)19-14/h5-6,9-11H,7-8H2,1-4H3. The number of hydrogen-bond donors (Lipinski definition) is 0. The van der Waals surface area contributed by atoms with E-state index in [0.29, 0.717) is 22.2 Å². The fourth-order valence-corrected chi connectivity index (χ4v) is 4.55. The smallest absolute Gasteiger partial charge is 0.181 e. The summed E-state index contributed by atoms with van der Waals surface area (Å²) >= 11 is 1.50. The number of thiazole rings is 1. The van der Waals surface area contributed by atoms with Gasteiger partial charge >= 0.3 is 0 Å². The van der Waals surface area contributed by atoms with Crippen molar-refractivity contribution < 1.29 is 4.21 Å². The van der Waals surface area contributed by atoms with Crippen molar-refractivity contribution in [1.82, 2.24) is 14.9 Å². The second-order valence-electron chi connectivity index (χ2n) is 5.30. The first-order valence-corrected chi connectivity index (χ1v) is 8.97. The lowest BCUT2D eigenvalue weighted by atomic mass is 10.2. The zero-order chi connectivity index (χ0) is 14.7. The summed E-state index contributed by atoms with van der Waals surface area (Å²) in [6.45, 7) is 9.52. The maximum atomic E-state index is 12.4. The lowest BCUT2D eigenvalue weighted by Crippen LogP contribution is -2.39. The number of nitrogens with zero attached hydrogens (tertiary/aromatic N) is 3. The summed E-state index contributed by atoms with van der Waals surface area (Å²) < 4.78 is 14.1. The molecule has 0 aliphatic carbocycles. The van der Waals surface area contributed by atoms with Crippen molar-refractivity contribution in [3.63, 3.8) is 0 Å². The number of pyridine rings is 1. The third-order valence-corrected chi connectivity index (χ3v) is 5.90. The van der Waals surface area contributed by atoms with E-state index in [-0.39, 0.29) is 0 Å². The van der Waals surface area contributed by atoms with Crippen molar-refractivity contribution in [2.45, 2.75) is 44.1 Å². The molecule has 6 heteroatoms. The van der Waals surface area contributed by atoms with Crippen LogP contribution in [0.2, 0.25) is 0 Å². The summed E-state index contributed by atoms with van der Waals surface area (Å²) in [4.78, 5) is 10.8. The average molecular weight is 311 g/mol. The molecule has 0 aliphatic rings. The molecule has 0 saturated heterocycles. The molecule has 0 radical (unpaired) electrons. The van der Waals surface area contributed by atoms with E-state index in [1.807, 2.05) is 6.07 Å². The molecule has 1 atom stereocenters. The van der Waals surface area contributed by atoms with E-state index < -0.39 is 10.8 Å². The summed E-state index contributed by atoms with van der Waals surface area (Å²) in [7, 11) is -1.03.